The molecule has 20 heavy (non-hydrogen) atoms. The van der Waals surface area contributed by atoms with Gasteiger partial charge in [-0.05, 0) is 52.4 Å². The van der Waals surface area contributed by atoms with E-state index in [0.29, 0.717) is 0 Å². The van der Waals surface area contributed by atoms with Gasteiger partial charge in [-0.2, -0.15) is 0 Å². The Balaban J connectivity index is 1.57. The summed E-state index contributed by atoms with van der Waals surface area (Å²) in [4.78, 5) is 11.1. The number of nitrogens with zero attached hydrogens (tertiary/aromatic N) is 3. The van der Waals surface area contributed by atoms with Gasteiger partial charge in [-0.25, -0.2) is 9.97 Å². The maximum Gasteiger partial charge on any atom is 0.125 e. The van der Waals surface area contributed by atoms with E-state index in [2.05, 4.69) is 27.2 Å². The summed E-state index contributed by atoms with van der Waals surface area (Å²) < 4.78 is 0. The number of rotatable bonds is 7. The van der Waals surface area contributed by atoms with Gasteiger partial charge < -0.3 is 10.2 Å². The predicted molar refractivity (Wildman–Crippen MR) is 82.6 cm³/mol. The number of hydrogen-bond acceptors (Lipinski definition) is 4. The lowest BCUT2D eigenvalue weighted by atomic mass is 9.94. The van der Waals surface area contributed by atoms with Gasteiger partial charge >= 0.3 is 0 Å². The number of aryl methyl sites for hydroxylation is 1. The Hall–Kier alpha value is -1.00. The summed E-state index contributed by atoms with van der Waals surface area (Å²) in [6.45, 7) is 5.03. The Morgan fingerprint density at radius 2 is 2.10 bits per heavy atom. The average molecular weight is 276 g/mol. The SMILES string of the molecule is Cc1nccc(CNCCCN(C)C2CCCCC2)n1. The fourth-order valence-corrected chi connectivity index (χ4v) is 2.98. The molecular weight excluding hydrogens is 248 g/mol. The van der Waals surface area contributed by atoms with E-state index in [0.717, 1.165) is 30.6 Å². The van der Waals surface area contributed by atoms with Crippen LogP contribution in [0.2, 0.25) is 0 Å². The van der Waals surface area contributed by atoms with Crippen molar-refractivity contribution in [1.82, 2.24) is 20.2 Å². The van der Waals surface area contributed by atoms with Gasteiger partial charge in [0.05, 0.1) is 5.69 Å². The Morgan fingerprint density at radius 3 is 2.85 bits per heavy atom. The molecule has 0 aromatic carbocycles. The molecule has 1 saturated carbocycles. The molecule has 1 fully saturated rings. The number of aromatic nitrogens is 2. The van der Waals surface area contributed by atoms with Crippen LogP contribution >= 0.6 is 0 Å². The summed E-state index contributed by atoms with van der Waals surface area (Å²) in [5.74, 6) is 0.848. The smallest absolute Gasteiger partial charge is 0.125 e. The van der Waals surface area contributed by atoms with Crippen LogP contribution in [0.5, 0.6) is 0 Å². The summed E-state index contributed by atoms with van der Waals surface area (Å²) in [6, 6.07) is 2.81. The summed E-state index contributed by atoms with van der Waals surface area (Å²) in [5.41, 5.74) is 1.08. The third-order valence-electron chi connectivity index (χ3n) is 4.20. The summed E-state index contributed by atoms with van der Waals surface area (Å²) >= 11 is 0. The van der Waals surface area contributed by atoms with Crippen molar-refractivity contribution in [3.63, 3.8) is 0 Å². The maximum absolute atomic E-state index is 4.40. The van der Waals surface area contributed by atoms with E-state index in [1.54, 1.807) is 0 Å². The third-order valence-corrected chi connectivity index (χ3v) is 4.20. The van der Waals surface area contributed by atoms with Crippen LogP contribution in [0, 0.1) is 6.92 Å². The monoisotopic (exact) mass is 276 g/mol. The molecule has 1 N–H and O–H groups in total. The highest BCUT2D eigenvalue weighted by atomic mass is 15.1. The van der Waals surface area contributed by atoms with Gasteiger partial charge in [0, 0.05) is 18.8 Å². The van der Waals surface area contributed by atoms with Crippen molar-refractivity contribution in [2.45, 2.75) is 58.0 Å². The minimum atomic E-state index is 0.827. The topological polar surface area (TPSA) is 41.1 Å². The van der Waals surface area contributed by atoms with Crippen molar-refractivity contribution >= 4 is 0 Å². The van der Waals surface area contributed by atoms with E-state index in [1.165, 1.54) is 45.1 Å². The van der Waals surface area contributed by atoms with Gasteiger partial charge in [0.15, 0.2) is 0 Å². The van der Waals surface area contributed by atoms with Gasteiger partial charge in [0.1, 0.15) is 5.82 Å². The molecule has 1 aliphatic carbocycles. The summed E-state index contributed by atoms with van der Waals surface area (Å²) in [5, 5.41) is 3.47. The Labute approximate surface area is 123 Å². The minimum absolute atomic E-state index is 0.827. The molecule has 4 heteroatoms. The zero-order chi connectivity index (χ0) is 14.2. The molecule has 4 nitrogen and oxygen atoms in total. The van der Waals surface area contributed by atoms with Gasteiger partial charge in [-0.15, -0.1) is 0 Å². The van der Waals surface area contributed by atoms with Gasteiger partial charge in [-0.3, -0.25) is 0 Å². The van der Waals surface area contributed by atoms with Crippen LogP contribution < -0.4 is 5.32 Å². The lowest BCUT2D eigenvalue weighted by molar-refractivity contribution is 0.189. The molecule has 1 heterocycles. The normalized spacial score (nSPS) is 16.8. The Bertz CT molecular complexity index is 388. The van der Waals surface area contributed by atoms with Crippen molar-refractivity contribution in [3.05, 3.63) is 23.8 Å². The molecule has 0 unspecified atom stereocenters. The number of nitrogens with one attached hydrogen (secondary N) is 1. The largest absolute Gasteiger partial charge is 0.311 e. The lowest BCUT2D eigenvalue weighted by Crippen LogP contribution is -2.35. The molecular formula is C16H28N4. The average Bonchev–Trinajstić information content (AvgIpc) is 2.48. The van der Waals surface area contributed by atoms with Crippen LogP contribution in [0.25, 0.3) is 0 Å². The van der Waals surface area contributed by atoms with Crippen LogP contribution in [0.4, 0.5) is 0 Å². The zero-order valence-corrected chi connectivity index (χ0v) is 12.9. The molecule has 2 rings (SSSR count). The van der Waals surface area contributed by atoms with E-state index in [-0.39, 0.29) is 0 Å². The van der Waals surface area contributed by atoms with Gasteiger partial charge in [0.25, 0.3) is 0 Å². The maximum atomic E-state index is 4.40. The fraction of sp³-hybridized carbons (Fsp3) is 0.750. The highest BCUT2D eigenvalue weighted by molar-refractivity contribution is 5.00. The quantitative estimate of drug-likeness (QED) is 0.777. The number of hydrogen-bond donors (Lipinski definition) is 1. The lowest BCUT2D eigenvalue weighted by Gasteiger charge is -2.31. The van der Waals surface area contributed by atoms with Crippen molar-refractivity contribution in [1.29, 1.82) is 0 Å². The van der Waals surface area contributed by atoms with E-state index >= 15 is 0 Å². The molecule has 1 aromatic rings. The molecule has 0 radical (unpaired) electrons. The molecule has 0 spiro atoms. The molecule has 0 aliphatic heterocycles. The first kappa shape index (κ1) is 15.4. The molecule has 0 saturated heterocycles. The van der Waals surface area contributed by atoms with E-state index in [1.807, 2.05) is 19.2 Å². The second-order valence-electron chi connectivity index (χ2n) is 5.90. The van der Waals surface area contributed by atoms with Gasteiger partial charge in [-0.1, -0.05) is 19.3 Å². The predicted octanol–water partition coefficient (Wildman–Crippen LogP) is 2.53. The second kappa shape index (κ2) is 8.32. The highest BCUT2D eigenvalue weighted by Crippen LogP contribution is 2.21. The first-order chi connectivity index (χ1) is 9.75. The molecule has 0 bridgehead atoms. The third kappa shape index (κ3) is 5.17. The van der Waals surface area contributed by atoms with Crippen molar-refractivity contribution < 1.29 is 0 Å². The van der Waals surface area contributed by atoms with Crippen molar-refractivity contribution in [2.24, 2.45) is 0 Å². The van der Waals surface area contributed by atoms with Gasteiger partial charge in [0.2, 0.25) is 0 Å². The van der Waals surface area contributed by atoms with E-state index in [9.17, 15) is 0 Å². The van der Waals surface area contributed by atoms with Crippen molar-refractivity contribution in [3.8, 4) is 0 Å². The van der Waals surface area contributed by atoms with E-state index < -0.39 is 0 Å². The zero-order valence-electron chi connectivity index (χ0n) is 12.9. The second-order valence-corrected chi connectivity index (χ2v) is 5.90. The molecule has 1 aliphatic rings. The van der Waals surface area contributed by atoms with Crippen LogP contribution in [-0.4, -0.2) is 41.0 Å². The van der Waals surface area contributed by atoms with Crippen molar-refractivity contribution in [2.75, 3.05) is 20.1 Å². The Kier molecular flexibility index (Phi) is 6.40. The summed E-state index contributed by atoms with van der Waals surface area (Å²) in [7, 11) is 2.28. The van der Waals surface area contributed by atoms with Crippen LogP contribution in [0.1, 0.15) is 50.0 Å². The first-order valence-corrected chi connectivity index (χ1v) is 7.95. The van der Waals surface area contributed by atoms with Crippen LogP contribution in [-0.2, 0) is 6.54 Å². The Morgan fingerprint density at radius 1 is 1.30 bits per heavy atom. The van der Waals surface area contributed by atoms with E-state index in [4.69, 9.17) is 0 Å². The molecule has 0 atom stereocenters. The summed E-state index contributed by atoms with van der Waals surface area (Å²) in [6.07, 6.45) is 10.1. The molecule has 1 aromatic heterocycles. The minimum Gasteiger partial charge on any atom is -0.311 e. The molecule has 0 amide bonds. The van der Waals surface area contributed by atoms with Crippen LogP contribution in [0.3, 0.4) is 0 Å². The van der Waals surface area contributed by atoms with Crippen LogP contribution in [0.15, 0.2) is 12.3 Å². The standard InChI is InChI=1S/C16H28N4/c1-14-18-11-9-15(19-14)13-17-10-6-12-20(2)16-7-4-3-5-8-16/h9,11,16-17H,3-8,10,12-13H2,1-2H3. The molecule has 112 valence electrons. The first-order valence-electron chi connectivity index (χ1n) is 7.95. The highest BCUT2D eigenvalue weighted by Gasteiger charge is 2.16. The fourth-order valence-electron chi connectivity index (χ4n) is 2.98.